The first-order chi connectivity index (χ1) is 15.4. The van der Waals surface area contributed by atoms with Gasteiger partial charge in [-0.15, -0.1) is 0 Å². The fraction of sp³-hybridized carbons (Fsp3) is 0.462. The molecule has 0 aliphatic heterocycles. The smallest absolute Gasteiger partial charge is 0.405 e. The number of primary amides is 1. The number of benzene rings is 2. The highest BCUT2D eigenvalue weighted by molar-refractivity contribution is 5.77. The zero-order chi connectivity index (χ0) is 22.7. The van der Waals surface area contributed by atoms with E-state index in [0.717, 1.165) is 53.5 Å². The molecule has 1 atom stereocenters. The van der Waals surface area contributed by atoms with Crippen LogP contribution in [0, 0.1) is 11.8 Å². The number of aromatic nitrogens is 2. The minimum atomic E-state index is -0.744. The summed E-state index contributed by atoms with van der Waals surface area (Å²) in [6.45, 7) is 7.86. The molecule has 1 fully saturated rings. The Kier molecular flexibility index (Phi) is 6.68. The van der Waals surface area contributed by atoms with Gasteiger partial charge in [-0.2, -0.15) is 0 Å². The van der Waals surface area contributed by atoms with Crippen LogP contribution in [-0.4, -0.2) is 22.3 Å². The maximum absolute atomic E-state index is 11.5. The van der Waals surface area contributed by atoms with E-state index >= 15 is 0 Å². The van der Waals surface area contributed by atoms with Crippen LogP contribution in [0.1, 0.15) is 63.1 Å². The average molecular weight is 436 g/mol. The van der Waals surface area contributed by atoms with Crippen LogP contribution < -0.4 is 10.5 Å². The van der Waals surface area contributed by atoms with Gasteiger partial charge in [0.1, 0.15) is 17.7 Å². The van der Waals surface area contributed by atoms with Crippen LogP contribution >= 0.6 is 0 Å². The lowest BCUT2D eigenvalue weighted by Gasteiger charge is -2.19. The van der Waals surface area contributed by atoms with E-state index < -0.39 is 6.09 Å². The molecule has 0 bridgehead atoms. The number of nitrogens with two attached hydrogens (primary N) is 1. The van der Waals surface area contributed by atoms with Crippen LogP contribution in [0.3, 0.4) is 0 Å². The summed E-state index contributed by atoms with van der Waals surface area (Å²) in [7, 11) is 0. The minimum Gasteiger partial charge on any atom is -0.494 e. The summed E-state index contributed by atoms with van der Waals surface area (Å²) in [5.41, 5.74) is 9.54. The molecule has 0 saturated heterocycles. The number of carbonyl (C=O) groups is 1. The Morgan fingerprint density at radius 2 is 1.94 bits per heavy atom. The number of carbonyl (C=O) groups excluding carboxylic acids is 1. The summed E-state index contributed by atoms with van der Waals surface area (Å²) in [6, 6.07) is 14.5. The second-order valence-electron chi connectivity index (χ2n) is 9.14. The molecule has 6 heteroatoms. The molecule has 1 heterocycles. The van der Waals surface area contributed by atoms with E-state index in [0.29, 0.717) is 12.5 Å². The van der Waals surface area contributed by atoms with Crippen LogP contribution in [-0.2, 0) is 17.7 Å². The van der Waals surface area contributed by atoms with Gasteiger partial charge in [0.2, 0.25) is 0 Å². The van der Waals surface area contributed by atoms with Crippen LogP contribution in [0.2, 0.25) is 0 Å². The fourth-order valence-corrected chi connectivity index (χ4v) is 4.17. The molecule has 2 N–H and O–H groups in total. The maximum Gasteiger partial charge on any atom is 0.405 e. The van der Waals surface area contributed by atoms with Crippen molar-refractivity contribution < 1.29 is 14.3 Å². The van der Waals surface area contributed by atoms with E-state index in [1.807, 2.05) is 25.1 Å². The molecule has 32 heavy (non-hydrogen) atoms. The normalized spacial score (nSPS) is 14.6. The van der Waals surface area contributed by atoms with Crippen LogP contribution in [0.5, 0.6) is 5.75 Å². The third-order valence-corrected chi connectivity index (χ3v) is 5.90. The van der Waals surface area contributed by atoms with Crippen LogP contribution in [0.15, 0.2) is 42.5 Å². The summed E-state index contributed by atoms with van der Waals surface area (Å²) in [6.07, 6.45) is 2.94. The van der Waals surface area contributed by atoms with Gasteiger partial charge in [0.15, 0.2) is 0 Å². The van der Waals surface area contributed by atoms with Crippen molar-refractivity contribution in [1.82, 2.24) is 9.55 Å². The summed E-state index contributed by atoms with van der Waals surface area (Å²) in [4.78, 5) is 16.5. The predicted octanol–water partition coefficient (Wildman–Crippen LogP) is 5.62. The molecule has 1 aromatic heterocycles. The van der Waals surface area contributed by atoms with Gasteiger partial charge in [0.05, 0.1) is 17.6 Å². The Bertz CT molecular complexity index is 1070. The van der Waals surface area contributed by atoms with E-state index in [-0.39, 0.29) is 6.10 Å². The Morgan fingerprint density at radius 1 is 1.19 bits per heavy atom. The van der Waals surface area contributed by atoms with Crippen LogP contribution in [0.25, 0.3) is 11.0 Å². The van der Waals surface area contributed by atoms with Crippen molar-refractivity contribution >= 4 is 17.1 Å². The van der Waals surface area contributed by atoms with Gasteiger partial charge in [0.25, 0.3) is 0 Å². The van der Waals surface area contributed by atoms with Crippen molar-refractivity contribution in [3.8, 4) is 5.75 Å². The van der Waals surface area contributed by atoms with Gasteiger partial charge < -0.3 is 19.8 Å². The topological polar surface area (TPSA) is 79.4 Å². The zero-order valence-corrected chi connectivity index (χ0v) is 19.2. The van der Waals surface area contributed by atoms with Crippen molar-refractivity contribution in [2.45, 2.75) is 59.1 Å². The van der Waals surface area contributed by atoms with Crippen molar-refractivity contribution in [3.05, 3.63) is 59.4 Å². The van der Waals surface area contributed by atoms with E-state index in [9.17, 15) is 4.79 Å². The van der Waals surface area contributed by atoms with Crippen molar-refractivity contribution in [1.29, 1.82) is 0 Å². The van der Waals surface area contributed by atoms with Gasteiger partial charge in [-0.1, -0.05) is 32.0 Å². The van der Waals surface area contributed by atoms with Crippen molar-refractivity contribution in [2.75, 3.05) is 6.61 Å². The van der Waals surface area contributed by atoms with E-state index in [4.69, 9.17) is 20.2 Å². The first kappa shape index (κ1) is 22.2. The van der Waals surface area contributed by atoms with Crippen molar-refractivity contribution in [3.63, 3.8) is 0 Å². The number of amides is 1. The number of fused-ring (bicyclic) bond motifs is 1. The largest absolute Gasteiger partial charge is 0.494 e. The van der Waals surface area contributed by atoms with Gasteiger partial charge in [-0.25, -0.2) is 9.78 Å². The number of hydrogen-bond donors (Lipinski definition) is 1. The zero-order valence-electron chi connectivity index (χ0n) is 19.2. The Balaban J connectivity index is 1.66. The number of rotatable bonds is 10. The third kappa shape index (κ3) is 5.42. The lowest BCUT2D eigenvalue weighted by Crippen LogP contribution is -2.18. The van der Waals surface area contributed by atoms with Gasteiger partial charge >= 0.3 is 6.09 Å². The van der Waals surface area contributed by atoms with Crippen molar-refractivity contribution in [2.24, 2.45) is 17.6 Å². The molecule has 170 valence electrons. The maximum atomic E-state index is 11.5. The molecule has 1 amide bonds. The molecule has 0 spiro atoms. The highest BCUT2D eigenvalue weighted by Gasteiger charge is 2.25. The average Bonchev–Trinajstić information content (AvgIpc) is 3.50. The number of imidazole rings is 1. The van der Waals surface area contributed by atoms with Gasteiger partial charge in [-0.3, -0.25) is 0 Å². The fourth-order valence-electron chi connectivity index (χ4n) is 4.17. The highest BCUT2D eigenvalue weighted by Crippen LogP contribution is 2.34. The number of hydrogen-bond acceptors (Lipinski definition) is 4. The molecule has 6 nitrogen and oxygen atoms in total. The van der Waals surface area contributed by atoms with E-state index in [1.54, 1.807) is 0 Å². The predicted molar refractivity (Wildman–Crippen MR) is 126 cm³/mol. The lowest BCUT2D eigenvalue weighted by molar-refractivity contribution is 0.0934. The molecular formula is C26H33N3O3. The molecule has 0 radical (unpaired) electrons. The molecule has 1 unspecified atom stereocenters. The lowest BCUT2D eigenvalue weighted by atomic mass is 9.99. The minimum absolute atomic E-state index is 0.361. The standard InChI is InChI=1S/C26H33N3O3/c1-4-31-21-10-7-18(8-11-21)14-25-28-22-15-20(24(13-17(2)3)32-26(27)30)9-12-23(22)29(25)16-19-5-6-19/h7-12,15,17,19,24H,4-6,13-14,16H2,1-3H3,(H2,27,30). The Morgan fingerprint density at radius 3 is 2.56 bits per heavy atom. The second-order valence-corrected chi connectivity index (χ2v) is 9.14. The second kappa shape index (κ2) is 9.63. The number of nitrogens with zero attached hydrogens (tertiary/aromatic N) is 2. The molecule has 4 rings (SSSR count). The van der Waals surface area contributed by atoms with Gasteiger partial charge in [-0.05, 0) is 73.4 Å². The van der Waals surface area contributed by atoms with E-state index in [2.05, 4.69) is 42.7 Å². The summed E-state index contributed by atoms with van der Waals surface area (Å²) in [5.74, 6) is 3.05. The quantitative estimate of drug-likeness (QED) is 0.448. The highest BCUT2D eigenvalue weighted by atomic mass is 16.6. The molecule has 1 aliphatic rings. The third-order valence-electron chi connectivity index (χ3n) is 5.90. The van der Waals surface area contributed by atoms with E-state index in [1.165, 1.54) is 18.4 Å². The molecular weight excluding hydrogens is 402 g/mol. The first-order valence-corrected chi connectivity index (χ1v) is 11.6. The monoisotopic (exact) mass is 435 g/mol. The SMILES string of the molecule is CCOc1ccc(Cc2nc3cc(C(CC(C)C)OC(N)=O)ccc3n2CC2CC2)cc1. The first-order valence-electron chi connectivity index (χ1n) is 11.6. The summed E-state index contributed by atoms with van der Waals surface area (Å²) >= 11 is 0. The summed E-state index contributed by atoms with van der Waals surface area (Å²) in [5, 5.41) is 0. The molecule has 2 aromatic carbocycles. The number of ether oxygens (including phenoxy) is 2. The Labute approximate surface area is 189 Å². The molecule has 1 saturated carbocycles. The van der Waals surface area contributed by atoms with Crippen LogP contribution in [0.4, 0.5) is 4.79 Å². The Hall–Kier alpha value is -3.02. The summed E-state index contributed by atoms with van der Waals surface area (Å²) < 4.78 is 13.4. The molecule has 1 aliphatic carbocycles. The molecule has 3 aromatic rings. The van der Waals surface area contributed by atoms with Gasteiger partial charge in [0, 0.05) is 13.0 Å².